The van der Waals surface area contributed by atoms with E-state index in [1.807, 2.05) is 30.3 Å². The summed E-state index contributed by atoms with van der Waals surface area (Å²) in [5.41, 5.74) is 3.16. The van der Waals surface area contributed by atoms with E-state index in [9.17, 15) is 14.9 Å². The van der Waals surface area contributed by atoms with Crippen LogP contribution in [-0.4, -0.2) is 24.1 Å². The van der Waals surface area contributed by atoms with Gasteiger partial charge < -0.3 is 14.8 Å². The number of hydrogen-bond donors (Lipinski definition) is 1. The zero-order chi connectivity index (χ0) is 21.5. The Morgan fingerprint density at radius 1 is 1.29 bits per heavy atom. The van der Waals surface area contributed by atoms with Gasteiger partial charge in [0.2, 0.25) is 0 Å². The van der Waals surface area contributed by atoms with Gasteiger partial charge in [0.25, 0.3) is 5.69 Å². The van der Waals surface area contributed by atoms with Gasteiger partial charge in [0, 0.05) is 46.0 Å². The van der Waals surface area contributed by atoms with E-state index in [4.69, 9.17) is 9.47 Å². The highest BCUT2D eigenvalue weighted by molar-refractivity contribution is 7.20. The van der Waals surface area contributed by atoms with Crippen molar-refractivity contribution in [1.82, 2.24) is 0 Å². The second-order valence-corrected chi connectivity index (χ2v) is 8.92. The summed E-state index contributed by atoms with van der Waals surface area (Å²) in [6, 6.07) is 12.7. The smallest absolute Gasteiger partial charge is 0.348 e. The minimum atomic E-state index is -0.381. The lowest BCUT2D eigenvalue weighted by atomic mass is 9.77. The number of ether oxygens (including phenoxy) is 2. The molecule has 0 bridgehead atoms. The summed E-state index contributed by atoms with van der Waals surface area (Å²) >= 11 is 1.44. The van der Waals surface area contributed by atoms with Crippen LogP contribution in [0.1, 0.15) is 52.7 Å². The SMILES string of the molecule is CCOC(=O)c1cc2c3c(ccc2s1)NC(c1ccc([N+](=O)[O-])cc1)C1CCCOC31. The molecule has 3 unspecified atom stereocenters. The number of rotatable bonds is 4. The van der Waals surface area contributed by atoms with Gasteiger partial charge in [-0.1, -0.05) is 12.1 Å². The Morgan fingerprint density at radius 2 is 2.10 bits per heavy atom. The molecule has 2 aliphatic heterocycles. The van der Waals surface area contributed by atoms with Gasteiger partial charge in [-0.15, -0.1) is 11.3 Å². The topological polar surface area (TPSA) is 90.7 Å². The Kier molecular flexibility index (Phi) is 5.11. The molecule has 0 spiro atoms. The lowest BCUT2D eigenvalue weighted by molar-refractivity contribution is -0.384. The van der Waals surface area contributed by atoms with Gasteiger partial charge in [0.15, 0.2) is 0 Å². The molecule has 3 atom stereocenters. The number of thiophene rings is 1. The molecular formula is C23H22N2O5S. The van der Waals surface area contributed by atoms with Crippen molar-refractivity contribution in [3.63, 3.8) is 0 Å². The Morgan fingerprint density at radius 3 is 2.84 bits per heavy atom. The minimum Gasteiger partial charge on any atom is -0.462 e. The molecule has 1 fully saturated rings. The molecule has 2 aliphatic rings. The molecule has 8 heteroatoms. The first-order valence-electron chi connectivity index (χ1n) is 10.4. The third kappa shape index (κ3) is 3.45. The number of carbonyl (C=O) groups excluding carboxylic acids is 1. The van der Waals surface area contributed by atoms with Gasteiger partial charge in [-0.05, 0) is 43.5 Å². The Labute approximate surface area is 183 Å². The number of nitrogens with one attached hydrogen (secondary N) is 1. The van der Waals surface area contributed by atoms with Crippen LogP contribution in [0.15, 0.2) is 42.5 Å². The Hall–Kier alpha value is -2.97. The molecule has 0 amide bonds. The fraction of sp³-hybridized carbons (Fsp3) is 0.348. The largest absolute Gasteiger partial charge is 0.462 e. The first-order chi connectivity index (χ1) is 15.1. The van der Waals surface area contributed by atoms with Crippen LogP contribution in [0, 0.1) is 16.0 Å². The van der Waals surface area contributed by atoms with Crippen LogP contribution in [0.4, 0.5) is 11.4 Å². The molecule has 7 nitrogen and oxygen atoms in total. The van der Waals surface area contributed by atoms with Crippen LogP contribution < -0.4 is 5.32 Å². The molecule has 2 aromatic carbocycles. The van der Waals surface area contributed by atoms with E-state index in [0.29, 0.717) is 18.1 Å². The maximum atomic E-state index is 12.3. The van der Waals surface area contributed by atoms with Crippen molar-refractivity contribution >= 4 is 38.8 Å². The maximum absolute atomic E-state index is 12.3. The van der Waals surface area contributed by atoms with E-state index >= 15 is 0 Å². The van der Waals surface area contributed by atoms with Crippen molar-refractivity contribution in [2.24, 2.45) is 5.92 Å². The van der Waals surface area contributed by atoms with Gasteiger partial charge in [-0.3, -0.25) is 10.1 Å². The summed E-state index contributed by atoms with van der Waals surface area (Å²) in [6.07, 6.45) is 1.86. The molecule has 1 N–H and O–H groups in total. The first kappa shape index (κ1) is 20.0. The number of fused-ring (bicyclic) bond motifs is 5. The second-order valence-electron chi connectivity index (χ2n) is 7.84. The molecule has 31 heavy (non-hydrogen) atoms. The van der Waals surface area contributed by atoms with Crippen molar-refractivity contribution in [3.05, 3.63) is 68.6 Å². The number of carbonyl (C=O) groups is 1. The summed E-state index contributed by atoms with van der Waals surface area (Å²) < 4.78 is 12.5. The zero-order valence-electron chi connectivity index (χ0n) is 17.0. The van der Waals surface area contributed by atoms with Crippen LogP contribution in [0.2, 0.25) is 0 Å². The monoisotopic (exact) mass is 438 g/mol. The minimum absolute atomic E-state index is 0.000725. The predicted octanol–water partition coefficient (Wildman–Crippen LogP) is 5.62. The summed E-state index contributed by atoms with van der Waals surface area (Å²) in [4.78, 5) is 23.5. The van der Waals surface area contributed by atoms with Crippen molar-refractivity contribution < 1.29 is 19.2 Å². The number of esters is 1. The third-order valence-electron chi connectivity index (χ3n) is 6.07. The fourth-order valence-corrected chi connectivity index (χ4v) is 5.69. The fourth-order valence-electron chi connectivity index (χ4n) is 4.72. The summed E-state index contributed by atoms with van der Waals surface area (Å²) in [5.74, 6) is -0.106. The third-order valence-corrected chi connectivity index (χ3v) is 7.15. The highest BCUT2D eigenvalue weighted by Crippen LogP contribution is 2.52. The zero-order valence-corrected chi connectivity index (χ0v) is 17.8. The Bertz CT molecular complexity index is 1160. The predicted molar refractivity (Wildman–Crippen MR) is 119 cm³/mol. The Balaban J connectivity index is 1.57. The van der Waals surface area contributed by atoms with Gasteiger partial charge in [0.1, 0.15) is 4.88 Å². The molecule has 0 aliphatic carbocycles. The molecule has 3 aromatic rings. The van der Waals surface area contributed by atoms with E-state index in [0.717, 1.165) is 39.7 Å². The molecule has 1 aromatic heterocycles. The average molecular weight is 439 g/mol. The van der Waals surface area contributed by atoms with E-state index in [1.165, 1.54) is 11.3 Å². The van der Waals surface area contributed by atoms with E-state index in [2.05, 4.69) is 5.32 Å². The molecule has 1 saturated heterocycles. The number of nitrogens with zero attached hydrogens (tertiary/aromatic N) is 1. The van der Waals surface area contributed by atoms with Crippen LogP contribution >= 0.6 is 11.3 Å². The van der Waals surface area contributed by atoms with Crippen molar-refractivity contribution in [1.29, 1.82) is 0 Å². The number of nitro groups is 1. The van der Waals surface area contributed by atoms with Crippen molar-refractivity contribution in [2.45, 2.75) is 31.9 Å². The van der Waals surface area contributed by atoms with Gasteiger partial charge in [-0.25, -0.2) is 4.79 Å². The second kappa shape index (κ2) is 7.94. The van der Waals surface area contributed by atoms with E-state index < -0.39 is 0 Å². The van der Waals surface area contributed by atoms with Crippen LogP contribution in [0.5, 0.6) is 0 Å². The molecule has 5 rings (SSSR count). The highest BCUT2D eigenvalue weighted by atomic mass is 32.1. The van der Waals surface area contributed by atoms with Crippen molar-refractivity contribution in [2.75, 3.05) is 18.5 Å². The standard InChI is InChI=1S/C23H22N2O5S/c1-2-29-23(26)19-12-16-18(31-19)10-9-17-20(16)22-15(4-3-11-30-22)21(24-17)13-5-7-14(8-6-13)25(27)28/h5-10,12,15,21-22,24H,2-4,11H2,1H3. The van der Waals surface area contributed by atoms with E-state index in [1.54, 1.807) is 19.1 Å². The van der Waals surface area contributed by atoms with Gasteiger partial charge in [-0.2, -0.15) is 0 Å². The summed E-state index contributed by atoms with van der Waals surface area (Å²) in [5, 5.41) is 15.7. The van der Waals surface area contributed by atoms with Crippen LogP contribution in [-0.2, 0) is 9.47 Å². The molecule has 160 valence electrons. The number of benzene rings is 2. The summed E-state index contributed by atoms with van der Waals surface area (Å²) in [6.45, 7) is 2.84. The lowest BCUT2D eigenvalue weighted by Gasteiger charge is -2.43. The highest BCUT2D eigenvalue weighted by Gasteiger charge is 2.41. The van der Waals surface area contributed by atoms with Crippen molar-refractivity contribution in [3.8, 4) is 0 Å². The molecule has 0 radical (unpaired) electrons. The number of non-ortho nitro benzene ring substituents is 1. The van der Waals surface area contributed by atoms with Gasteiger partial charge >= 0.3 is 5.97 Å². The number of anilines is 1. The normalized spacial score (nSPS) is 22.3. The van der Waals surface area contributed by atoms with E-state index in [-0.39, 0.29) is 34.6 Å². The first-order valence-corrected chi connectivity index (χ1v) is 11.2. The summed E-state index contributed by atoms with van der Waals surface area (Å²) in [7, 11) is 0. The van der Waals surface area contributed by atoms with Gasteiger partial charge in [0.05, 0.1) is 23.7 Å². The number of nitro benzene ring substituents is 1. The average Bonchev–Trinajstić information content (AvgIpc) is 3.23. The van der Waals surface area contributed by atoms with Crippen LogP contribution in [0.25, 0.3) is 10.1 Å². The molecule has 3 heterocycles. The maximum Gasteiger partial charge on any atom is 0.348 e. The van der Waals surface area contributed by atoms with Crippen LogP contribution in [0.3, 0.4) is 0 Å². The number of hydrogen-bond acceptors (Lipinski definition) is 7. The lowest BCUT2D eigenvalue weighted by Crippen LogP contribution is -2.36. The molecule has 0 saturated carbocycles. The molecular weight excluding hydrogens is 416 g/mol. The quantitative estimate of drug-likeness (QED) is 0.323.